The van der Waals surface area contributed by atoms with Gasteiger partial charge in [-0.25, -0.2) is 0 Å². The van der Waals surface area contributed by atoms with Crippen LogP contribution in [0.1, 0.15) is 17.9 Å². The molecule has 0 aromatic heterocycles. The first-order valence-electron chi connectivity index (χ1n) is 7.85. The summed E-state index contributed by atoms with van der Waals surface area (Å²) in [7, 11) is 0. The zero-order valence-corrected chi connectivity index (χ0v) is 17.0. The quantitative estimate of drug-likeness (QED) is 0.266. The minimum Gasteiger partial charge on any atom is -0.384 e. The summed E-state index contributed by atoms with van der Waals surface area (Å²) in [5.41, 5.74) is 2.28. The molecule has 1 atom stereocenters. The van der Waals surface area contributed by atoms with E-state index in [2.05, 4.69) is 64.1 Å². The van der Waals surface area contributed by atoms with Crippen LogP contribution in [0.3, 0.4) is 0 Å². The molecule has 2 rings (SSSR count). The number of hydrogen-bond acceptors (Lipinski definition) is 2. The normalized spacial score (nSPS) is 12.0. The number of hydrogen-bond donors (Lipinski definition) is 2. The molecular formula is C19H21Cl2IN2. The molecule has 0 aliphatic carbocycles. The third-order valence-electron chi connectivity index (χ3n) is 3.68. The maximum Gasteiger partial charge on any atom is 0.0441 e. The summed E-state index contributed by atoms with van der Waals surface area (Å²) >= 11 is 14.3. The first-order valence-corrected chi connectivity index (χ1v) is 9.69. The molecular weight excluding hydrogens is 454 g/mol. The Morgan fingerprint density at radius 2 is 1.71 bits per heavy atom. The van der Waals surface area contributed by atoms with E-state index in [-0.39, 0.29) is 0 Å². The SMILES string of the molecule is C=CCC(CNCCNc1cc(Cl)cc(Cl)c1)c1ccc(I)cc1. The van der Waals surface area contributed by atoms with Gasteiger partial charge in [0.15, 0.2) is 0 Å². The van der Waals surface area contributed by atoms with Crippen molar-refractivity contribution in [3.05, 3.63) is 74.3 Å². The van der Waals surface area contributed by atoms with Crippen LogP contribution < -0.4 is 10.6 Å². The van der Waals surface area contributed by atoms with Crippen LogP contribution in [0.15, 0.2) is 55.1 Å². The van der Waals surface area contributed by atoms with Gasteiger partial charge in [-0.15, -0.1) is 6.58 Å². The Kier molecular flexibility index (Phi) is 8.39. The van der Waals surface area contributed by atoms with Crippen molar-refractivity contribution in [1.82, 2.24) is 5.32 Å². The zero-order valence-electron chi connectivity index (χ0n) is 13.4. The van der Waals surface area contributed by atoms with Crippen molar-refractivity contribution in [2.45, 2.75) is 12.3 Å². The number of allylic oxidation sites excluding steroid dienone is 1. The molecule has 0 heterocycles. The predicted molar refractivity (Wildman–Crippen MR) is 115 cm³/mol. The van der Waals surface area contributed by atoms with Gasteiger partial charge in [-0.1, -0.05) is 41.4 Å². The minimum absolute atomic E-state index is 0.445. The third-order valence-corrected chi connectivity index (χ3v) is 4.83. The lowest BCUT2D eigenvalue weighted by Crippen LogP contribution is -2.26. The van der Waals surface area contributed by atoms with E-state index in [1.54, 1.807) is 6.07 Å². The summed E-state index contributed by atoms with van der Waals surface area (Å²) in [5, 5.41) is 8.11. The molecule has 5 heteroatoms. The molecule has 0 aliphatic rings. The minimum atomic E-state index is 0.445. The molecule has 128 valence electrons. The second-order valence-electron chi connectivity index (χ2n) is 5.56. The van der Waals surface area contributed by atoms with E-state index in [1.165, 1.54) is 9.13 Å². The van der Waals surface area contributed by atoms with E-state index in [9.17, 15) is 0 Å². The topological polar surface area (TPSA) is 24.1 Å². The highest BCUT2D eigenvalue weighted by Gasteiger charge is 2.09. The third kappa shape index (κ3) is 6.63. The molecule has 24 heavy (non-hydrogen) atoms. The van der Waals surface area contributed by atoms with Crippen LogP contribution in [0.4, 0.5) is 5.69 Å². The van der Waals surface area contributed by atoms with E-state index in [0.717, 1.165) is 31.7 Å². The van der Waals surface area contributed by atoms with Gasteiger partial charge in [-0.2, -0.15) is 0 Å². The number of rotatable bonds is 9. The number of halogens is 3. The average Bonchev–Trinajstić information content (AvgIpc) is 2.53. The van der Waals surface area contributed by atoms with E-state index < -0.39 is 0 Å². The highest BCUT2D eigenvalue weighted by Crippen LogP contribution is 2.22. The lowest BCUT2D eigenvalue weighted by molar-refractivity contribution is 0.596. The highest BCUT2D eigenvalue weighted by molar-refractivity contribution is 14.1. The van der Waals surface area contributed by atoms with E-state index >= 15 is 0 Å². The maximum absolute atomic E-state index is 6.00. The fourth-order valence-corrected chi connectivity index (χ4v) is 3.39. The molecule has 0 saturated carbocycles. The number of nitrogens with one attached hydrogen (secondary N) is 2. The van der Waals surface area contributed by atoms with Crippen molar-refractivity contribution in [3.8, 4) is 0 Å². The lowest BCUT2D eigenvalue weighted by atomic mass is 9.96. The molecule has 0 bridgehead atoms. The van der Waals surface area contributed by atoms with Crippen molar-refractivity contribution >= 4 is 51.5 Å². The van der Waals surface area contributed by atoms with Crippen LogP contribution in [0.5, 0.6) is 0 Å². The van der Waals surface area contributed by atoms with Crippen molar-refractivity contribution in [3.63, 3.8) is 0 Å². The van der Waals surface area contributed by atoms with Gasteiger partial charge in [0.05, 0.1) is 0 Å². The Hall–Kier alpha value is -0.750. The first kappa shape index (κ1) is 19.6. The van der Waals surface area contributed by atoms with Crippen LogP contribution in [0.25, 0.3) is 0 Å². The van der Waals surface area contributed by atoms with Crippen LogP contribution in [-0.4, -0.2) is 19.6 Å². The van der Waals surface area contributed by atoms with E-state index in [4.69, 9.17) is 23.2 Å². The number of benzene rings is 2. The second-order valence-corrected chi connectivity index (χ2v) is 7.68. The van der Waals surface area contributed by atoms with Gasteiger partial charge in [0.2, 0.25) is 0 Å². The van der Waals surface area contributed by atoms with Crippen molar-refractivity contribution in [1.29, 1.82) is 0 Å². The standard InChI is InChI=1S/C19H21Cl2IN2/c1-2-3-15(14-4-6-18(22)7-5-14)13-23-8-9-24-19-11-16(20)10-17(21)12-19/h2,4-7,10-12,15,23-24H,1,3,8-9,13H2. The molecule has 0 radical (unpaired) electrons. The van der Waals surface area contributed by atoms with Crippen molar-refractivity contribution in [2.75, 3.05) is 25.0 Å². The molecule has 2 nitrogen and oxygen atoms in total. The predicted octanol–water partition coefficient (Wildman–Crippen LogP) is 5.96. The van der Waals surface area contributed by atoms with Crippen molar-refractivity contribution < 1.29 is 0 Å². The first-order chi connectivity index (χ1) is 11.6. The highest BCUT2D eigenvalue weighted by atomic mass is 127. The van der Waals surface area contributed by atoms with Crippen LogP contribution in [-0.2, 0) is 0 Å². The van der Waals surface area contributed by atoms with Crippen LogP contribution in [0.2, 0.25) is 10.0 Å². The van der Waals surface area contributed by atoms with Crippen molar-refractivity contribution in [2.24, 2.45) is 0 Å². The van der Waals surface area contributed by atoms with Gasteiger partial charge in [0.1, 0.15) is 0 Å². The summed E-state index contributed by atoms with van der Waals surface area (Å²) in [5.74, 6) is 0.445. The summed E-state index contributed by atoms with van der Waals surface area (Å²) in [6, 6.07) is 14.2. The lowest BCUT2D eigenvalue weighted by Gasteiger charge is -2.17. The average molecular weight is 475 g/mol. The molecule has 2 N–H and O–H groups in total. The summed E-state index contributed by atoms with van der Waals surface area (Å²) in [6.45, 7) is 6.47. The molecule has 2 aromatic carbocycles. The van der Waals surface area contributed by atoms with Gasteiger partial charge >= 0.3 is 0 Å². The zero-order chi connectivity index (χ0) is 17.4. The fraction of sp³-hybridized carbons (Fsp3) is 0.263. The van der Waals surface area contributed by atoms with Gasteiger partial charge < -0.3 is 10.6 Å². The monoisotopic (exact) mass is 474 g/mol. The Labute approximate surface area is 167 Å². The molecule has 0 aliphatic heterocycles. The Morgan fingerprint density at radius 1 is 1.04 bits per heavy atom. The van der Waals surface area contributed by atoms with Gasteiger partial charge in [0, 0.05) is 38.9 Å². The maximum atomic E-state index is 6.00. The summed E-state index contributed by atoms with van der Waals surface area (Å²) in [6.07, 6.45) is 2.95. The summed E-state index contributed by atoms with van der Waals surface area (Å²) in [4.78, 5) is 0. The van der Waals surface area contributed by atoms with E-state index in [0.29, 0.717) is 16.0 Å². The molecule has 1 unspecified atom stereocenters. The van der Waals surface area contributed by atoms with E-state index in [1.807, 2.05) is 18.2 Å². The molecule has 0 saturated heterocycles. The molecule has 2 aromatic rings. The van der Waals surface area contributed by atoms with Gasteiger partial charge in [-0.05, 0) is 70.8 Å². The second kappa shape index (κ2) is 10.3. The Bertz CT molecular complexity index is 639. The van der Waals surface area contributed by atoms with Gasteiger partial charge in [-0.3, -0.25) is 0 Å². The van der Waals surface area contributed by atoms with Crippen LogP contribution in [0, 0.1) is 3.57 Å². The Morgan fingerprint density at radius 3 is 2.33 bits per heavy atom. The van der Waals surface area contributed by atoms with Crippen LogP contribution >= 0.6 is 45.8 Å². The molecule has 0 spiro atoms. The summed E-state index contributed by atoms with van der Waals surface area (Å²) < 4.78 is 1.26. The fourth-order valence-electron chi connectivity index (χ4n) is 2.50. The largest absolute Gasteiger partial charge is 0.384 e. The number of anilines is 1. The smallest absolute Gasteiger partial charge is 0.0441 e. The van der Waals surface area contributed by atoms with Gasteiger partial charge in [0.25, 0.3) is 0 Å². The molecule has 0 fully saturated rings. The Balaban J connectivity index is 1.78. The molecule has 0 amide bonds.